The third-order valence-corrected chi connectivity index (χ3v) is 9.03. The fourth-order valence-corrected chi connectivity index (χ4v) is 6.62. The first kappa shape index (κ1) is 28.6. The fourth-order valence-electron chi connectivity index (χ4n) is 6.62. The number of fused-ring (bicyclic) bond motifs is 7. The Morgan fingerprint density at radius 3 is 1.37 bits per heavy atom. The molecule has 0 aliphatic heterocycles. The molecule has 0 bridgehead atoms. The quantitative estimate of drug-likeness (QED) is 0.140. The molecule has 0 radical (unpaired) electrons. The average Bonchev–Trinajstić information content (AvgIpc) is 3.17. The SMILES string of the molecule is C=Cc1ccc2ccc(-c3cc(-c4ccc5ccc6cccnc6c5n4)cc(-c4ccc5ccc6cccnc6c5n4)c3)nc2c1N=CC. The Bertz CT molecular complexity index is 2680. The Morgan fingerprint density at radius 1 is 0.490 bits per heavy atom. The van der Waals surface area contributed by atoms with E-state index in [4.69, 9.17) is 15.0 Å². The molecule has 0 spiro atoms. The second-order valence-corrected chi connectivity index (χ2v) is 12.0. The van der Waals surface area contributed by atoms with Gasteiger partial charge in [0.25, 0.3) is 0 Å². The maximum atomic E-state index is 5.20. The lowest BCUT2D eigenvalue weighted by Crippen LogP contribution is -1.94. The minimum Gasteiger partial charge on any atom is -0.259 e. The zero-order valence-electron chi connectivity index (χ0n) is 26.7. The molecule has 6 nitrogen and oxygen atoms in total. The Hall–Kier alpha value is -6.66. The Morgan fingerprint density at radius 2 is 0.898 bits per heavy atom. The molecule has 5 aromatic heterocycles. The van der Waals surface area contributed by atoms with E-state index in [9.17, 15) is 0 Å². The van der Waals surface area contributed by atoms with E-state index in [1.54, 1.807) is 6.21 Å². The van der Waals surface area contributed by atoms with Gasteiger partial charge in [-0.1, -0.05) is 79.4 Å². The van der Waals surface area contributed by atoms with Crippen molar-refractivity contribution in [2.24, 2.45) is 4.99 Å². The minimum atomic E-state index is 0.805. The Labute approximate surface area is 282 Å². The van der Waals surface area contributed by atoms with E-state index in [2.05, 4.69) is 119 Å². The summed E-state index contributed by atoms with van der Waals surface area (Å²) in [5.41, 5.74) is 11.4. The van der Waals surface area contributed by atoms with Crippen LogP contribution in [0.5, 0.6) is 0 Å². The van der Waals surface area contributed by atoms with Crippen molar-refractivity contribution in [2.45, 2.75) is 6.92 Å². The van der Waals surface area contributed by atoms with Crippen molar-refractivity contribution < 1.29 is 0 Å². The lowest BCUT2D eigenvalue weighted by atomic mass is 9.97. The predicted octanol–water partition coefficient (Wildman–Crippen LogP) is 10.8. The molecule has 5 heterocycles. The van der Waals surface area contributed by atoms with Crippen LogP contribution in [0.25, 0.3) is 94.4 Å². The number of nitrogens with zero attached hydrogens (tertiary/aromatic N) is 6. The van der Waals surface area contributed by atoms with E-state index in [1.807, 2.05) is 43.6 Å². The summed E-state index contributed by atoms with van der Waals surface area (Å²) in [7, 11) is 0. The van der Waals surface area contributed by atoms with Gasteiger partial charge in [-0.15, -0.1) is 0 Å². The van der Waals surface area contributed by atoms with E-state index >= 15 is 0 Å². The molecule has 230 valence electrons. The summed E-state index contributed by atoms with van der Waals surface area (Å²) in [6, 6.07) is 39.5. The van der Waals surface area contributed by atoms with Crippen molar-refractivity contribution in [2.75, 3.05) is 0 Å². The number of aromatic nitrogens is 5. The van der Waals surface area contributed by atoms with Crippen LogP contribution >= 0.6 is 0 Å². The largest absolute Gasteiger partial charge is 0.259 e. The van der Waals surface area contributed by atoms with Gasteiger partial charge in [-0.05, 0) is 55.5 Å². The van der Waals surface area contributed by atoms with E-state index in [1.165, 1.54) is 0 Å². The van der Waals surface area contributed by atoms with E-state index in [0.717, 1.165) is 99.5 Å². The topological polar surface area (TPSA) is 76.8 Å². The molecule has 9 rings (SSSR count). The van der Waals surface area contributed by atoms with Crippen molar-refractivity contribution in [1.82, 2.24) is 24.9 Å². The van der Waals surface area contributed by atoms with Crippen LogP contribution in [0, 0.1) is 0 Å². The van der Waals surface area contributed by atoms with E-state index in [-0.39, 0.29) is 0 Å². The number of rotatable bonds is 5. The van der Waals surface area contributed by atoms with Crippen molar-refractivity contribution in [1.29, 1.82) is 0 Å². The molecule has 0 fully saturated rings. The normalized spacial score (nSPS) is 11.8. The molecule has 0 saturated carbocycles. The van der Waals surface area contributed by atoms with E-state index < -0.39 is 0 Å². The van der Waals surface area contributed by atoms with Crippen LogP contribution in [0.1, 0.15) is 12.5 Å². The van der Waals surface area contributed by atoms with Crippen molar-refractivity contribution in [3.63, 3.8) is 0 Å². The molecule has 6 heteroatoms. The summed E-state index contributed by atoms with van der Waals surface area (Å²) in [6.45, 7) is 5.92. The van der Waals surface area contributed by atoms with Gasteiger partial charge >= 0.3 is 0 Å². The predicted molar refractivity (Wildman–Crippen MR) is 203 cm³/mol. The summed E-state index contributed by atoms with van der Waals surface area (Å²) in [5.74, 6) is 0. The second-order valence-electron chi connectivity index (χ2n) is 12.0. The highest BCUT2D eigenvalue weighted by molar-refractivity contribution is 6.05. The molecular weight excluding hydrogens is 601 g/mol. The lowest BCUT2D eigenvalue weighted by Gasteiger charge is -2.13. The summed E-state index contributed by atoms with van der Waals surface area (Å²) >= 11 is 0. The first-order valence-electron chi connectivity index (χ1n) is 16.2. The van der Waals surface area contributed by atoms with Crippen LogP contribution < -0.4 is 0 Å². The number of pyridine rings is 5. The van der Waals surface area contributed by atoms with Crippen LogP contribution in [0.3, 0.4) is 0 Å². The molecule has 0 amide bonds. The molecule has 0 atom stereocenters. The molecule has 0 unspecified atom stereocenters. The maximum absolute atomic E-state index is 5.20. The van der Waals surface area contributed by atoms with Crippen LogP contribution in [0.4, 0.5) is 5.69 Å². The zero-order valence-corrected chi connectivity index (χ0v) is 26.7. The summed E-state index contributed by atoms with van der Waals surface area (Å²) < 4.78 is 0. The van der Waals surface area contributed by atoms with Gasteiger partial charge in [-0.3, -0.25) is 15.0 Å². The number of hydrogen-bond acceptors (Lipinski definition) is 6. The first-order chi connectivity index (χ1) is 24.2. The molecule has 49 heavy (non-hydrogen) atoms. The van der Waals surface area contributed by atoms with Gasteiger partial charge in [0.2, 0.25) is 0 Å². The molecule has 0 saturated heterocycles. The summed E-state index contributed by atoms with van der Waals surface area (Å²) in [4.78, 5) is 29.7. The third-order valence-electron chi connectivity index (χ3n) is 9.03. The third kappa shape index (κ3) is 4.89. The van der Waals surface area contributed by atoms with Crippen LogP contribution in [0.15, 0.2) is 139 Å². The highest BCUT2D eigenvalue weighted by Crippen LogP contribution is 2.36. The molecule has 4 aromatic carbocycles. The summed E-state index contributed by atoms with van der Waals surface area (Å²) in [6.07, 6.45) is 7.25. The first-order valence-corrected chi connectivity index (χ1v) is 16.2. The standard InChI is InChI=1S/C43H28N6/c1-3-26-9-10-29-15-18-35(47-41(29)38(26)44-4-2)32-23-33(36-19-16-30-13-11-27-7-5-21-45-39(27)42(30)48-36)25-34(24-32)37-20-17-31-14-12-28-8-6-22-46-40(28)43(31)49-37/h3-25H,1H2,2H3. The van der Waals surface area contributed by atoms with Crippen molar-refractivity contribution >= 4 is 72.5 Å². The Kier molecular flexibility index (Phi) is 6.73. The van der Waals surface area contributed by atoms with Crippen LogP contribution in [0.2, 0.25) is 0 Å². The van der Waals surface area contributed by atoms with Crippen molar-refractivity contribution in [3.05, 3.63) is 140 Å². The number of hydrogen-bond donors (Lipinski definition) is 0. The van der Waals surface area contributed by atoms with Gasteiger partial charge < -0.3 is 0 Å². The van der Waals surface area contributed by atoms with Gasteiger partial charge in [0.15, 0.2) is 0 Å². The highest BCUT2D eigenvalue weighted by Gasteiger charge is 2.15. The van der Waals surface area contributed by atoms with Crippen LogP contribution in [-0.4, -0.2) is 31.1 Å². The van der Waals surface area contributed by atoms with Gasteiger partial charge in [0.05, 0.1) is 50.4 Å². The second kappa shape index (κ2) is 11.5. The summed E-state index contributed by atoms with van der Waals surface area (Å²) in [5, 5.41) is 5.21. The molecule has 0 aliphatic carbocycles. The van der Waals surface area contributed by atoms with Gasteiger partial charge in [-0.25, -0.2) is 15.0 Å². The number of aliphatic imine (C=N–C) groups is 1. The molecular formula is C43H28N6. The molecule has 0 N–H and O–H groups in total. The van der Waals surface area contributed by atoms with Crippen LogP contribution in [-0.2, 0) is 0 Å². The highest BCUT2D eigenvalue weighted by atomic mass is 14.8. The monoisotopic (exact) mass is 628 g/mol. The van der Waals surface area contributed by atoms with Gasteiger partial charge in [0, 0.05) is 67.8 Å². The maximum Gasteiger partial charge on any atom is 0.0972 e. The molecule has 9 aromatic rings. The lowest BCUT2D eigenvalue weighted by molar-refractivity contribution is 1.34. The average molecular weight is 629 g/mol. The minimum absolute atomic E-state index is 0.805. The number of benzene rings is 4. The zero-order chi connectivity index (χ0) is 32.9. The molecule has 0 aliphatic rings. The van der Waals surface area contributed by atoms with Gasteiger partial charge in [0.1, 0.15) is 0 Å². The fraction of sp³-hybridized carbons (Fsp3) is 0.0233. The van der Waals surface area contributed by atoms with Gasteiger partial charge in [-0.2, -0.15) is 0 Å². The van der Waals surface area contributed by atoms with E-state index in [0.29, 0.717) is 0 Å². The Balaban J connectivity index is 1.30. The smallest absolute Gasteiger partial charge is 0.0972 e. The van der Waals surface area contributed by atoms with Crippen molar-refractivity contribution in [3.8, 4) is 33.8 Å².